The van der Waals surface area contributed by atoms with Gasteiger partial charge in [-0.25, -0.2) is 0 Å². The van der Waals surface area contributed by atoms with Crippen LogP contribution in [0.25, 0.3) is 0 Å². The van der Waals surface area contributed by atoms with Crippen molar-refractivity contribution in [2.75, 3.05) is 20.3 Å². The van der Waals surface area contributed by atoms with Gasteiger partial charge in [0.05, 0.1) is 19.8 Å². The Morgan fingerprint density at radius 1 is 1.32 bits per heavy atom. The Morgan fingerprint density at radius 2 is 2.11 bits per heavy atom. The minimum Gasteiger partial charge on any atom is -0.493 e. The van der Waals surface area contributed by atoms with Gasteiger partial charge in [0.15, 0.2) is 11.5 Å². The van der Waals surface area contributed by atoms with Gasteiger partial charge in [-0.15, -0.1) is 0 Å². The van der Waals surface area contributed by atoms with E-state index in [1.54, 1.807) is 7.11 Å². The molecule has 4 nitrogen and oxygen atoms in total. The predicted molar refractivity (Wildman–Crippen MR) is 76.8 cm³/mol. The molecule has 0 amide bonds. The van der Waals surface area contributed by atoms with E-state index in [4.69, 9.17) is 14.6 Å². The van der Waals surface area contributed by atoms with Gasteiger partial charge < -0.3 is 19.9 Å². The van der Waals surface area contributed by atoms with Crippen molar-refractivity contribution in [3.63, 3.8) is 0 Å². The summed E-state index contributed by atoms with van der Waals surface area (Å²) in [6.07, 6.45) is 1.60. The van der Waals surface area contributed by atoms with E-state index in [1.165, 1.54) is 0 Å². The van der Waals surface area contributed by atoms with Crippen LogP contribution in [0.2, 0.25) is 0 Å². The Bertz CT molecular complexity index is 366. The van der Waals surface area contributed by atoms with Gasteiger partial charge in [0.1, 0.15) is 0 Å². The predicted octanol–water partition coefficient (Wildman–Crippen LogP) is 2.34. The van der Waals surface area contributed by atoms with Crippen LogP contribution < -0.4 is 14.8 Å². The first-order chi connectivity index (χ1) is 9.17. The molecule has 1 unspecified atom stereocenters. The van der Waals surface area contributed by atoms with Crippen LogP contribution >= 0.6 is 0 Å². The first-order valence-corrected chi connectivity index (χ1v) is 6.85. The summed E-state index contributed by atoms with van der Waals surface area (Å²) >= 11 is 0. The maximum atomic E-state index is 9.16. The van der Waals surface area contributed by atoms with E-state index in [9.17, 15) is 0 Å². The maximum absolute atomic E-state index is 9.16. The fourth-order valence-corrected chi connectivity index (χ4v) is 1.85. The molecule has 0 saturated carbocycles. The van der Waals surface area contributed by atoms with Crippen molar-refractivity contribution < 1.29 is 14.6 Å². The van der Waals surface area contributed by atoms with Crippen molar-refractivity contribution in [1.29, 1.82) is 0 Å². The monoisotopic (exact) mass is 267 g/mol. The van der Waals surface area contributed by atoms with Crippen molar-refractivity contribution in [1.82, 2.24) is 5.32 Å². The molecule has 0 radical (unpaired) electrons. The average Bonchev–Trinajstić information content (AvgIpc) is 2.39. The third kappa shape index (κ3) is 5.94. The van der Waals surface area contributed by atoms with Gasteiger partial charge in [-0.1, -0.05) is 6.07 Å². The van der Waals surface area contributed by atoms with Crippen LogP contribution in [0.15, 0.2) is 18.2 Å². The Hall–Kier alpha value is -1.26. The maximum Gasteiger partial charge on any atom is 0.161 e. The lowest BCUT2D eigenvalue weighted by Gasteiger charge is -2.11. The lowest BCUT2D eigenvalue weighted by Crippen LogP contribution is -2.16. The topological polar surface area (TPSA) is 50.7 Å². The number of benzene rings is 1. The molecule has 0 spiro atoms. The van der Waals surface area contributed by atoms with E-state index in [1.807, 2.05) is 32.0 Å². The number of rotatable bonds is 9. The van der Waals surface area contributed by atoms with Gasteiger partial charge in [0.25, 0.3) is 0 Å². The first kappa shape index (κ1) is 15.8. The summed E-state index contributed by atoms with van der Waals surface area (Å²) in [4.78, 5) is 0. The Morgan fingerprint density at radius 3 is 2.74 bits per heavy atom. The molecule has 4 heteroatoms. The van der Waals surface area contributed by atoms with E-state index in [2.05, 4.69) is 5.32 Å². The number of aliphatic hydroxyl groups is 1. The van der Waals surface area contributed by atoms with Crippen LogP contribution in [0.3, 0.4) is 0 Å². The summed E-state index contributed by atoms with van der Waals surface area (Å²) in [5.74, 6) is 1.55. The van der Waals surface area contributed by atoms with Crippen molar-refractivity contribution in [3.05, 3.63) is 23.8 Å². The molecule has 19 heavy (non-hydrogen) atoms. The van der Waals surface area contributed by atoms with Gasteiger partial charge in [-0.2, -0.15) is 0 Å². The molecule has 0 bridgehead atoms. The number of hydrogen-bond donors (Lipinski definition) is 2. The van der Waals surface area contributed by atoms with Crippen LogP contribution in [0.5, 0.6) is 11.5 Å². The molecule has 1 atom stereocenters. The van der Waals surface area contributed by atoms with E-state index in [0.29, 0.717) is 6.61 Å². The quantitative estimate of drug-likeness (QED) is 0.674. The molecule has 1 aromatic rings. The lowest BCUT2D eigenvalue weighted by molar-refractivity contribution is 0.181. The van der Waals surface area contributed by atoms with Crippen LogP contribution in [0.4, 0.5) is 0 Å². The number of methoxy groups -OCH3 is 1. The largest absolute Gasteiger partial charge is 0.493 e. The second kappa shape index (κ2) is 8.77. The first-order valence-electron chi connectivity index (χ1n) is 6.85. The smallest absolute Gasteiger partial charge is 0.161 e. The molecule has 0 aliphatic carbocycles. The number of ether oxygens (including phenoxy) is 2. The minimum atomic E-state index is -0.215. The van der Waals surface area contributed by atoms with Crippen LogP contribution in [-0.2, 0) is 6.54 Å². The number of nitrogens with one attached hydrogen (secondary N) is 1. The zero-order valence-corrected chi connectivity index (χ0v) is 12.1. The third-order valence-electron chi connectivity index (χ3n) is 2.83. The summed E-state index contributed by atoms with van der Waals surface area (Å²) in [7, 11) is 1.65. The molecule has 108 valence electrons. The van der Waals surface area contributed by atoms with Gasteiger partial charge in [-0.3, -0.25) is 0 Å². The SMILES string of the molecule is CCOc1ccc(CNCCCC(C)O)cc1OC. The van der Waals surface area contributed by atoms with E-state index in [0.717, 1.165) is 43.0 Å². The summed E-state index contributed by atoms with van der Waals surface area (Å²) in [5.41, 5.74) is 1.16. The second-order valence-corrected chi connectivity index (χ2v) is 4.59. The van der Waals surface area contributed by atoms with Gasteiger partial charge >= 0.3 is 0 Å². The van der Waals surface area contributed by atoms with Crippen molar-refractivity contribution in [2.24, 2.45) is 0 Å². The summed E-state index contributed by atoms with van der Waals surface area (Å²) in [6, 6.07) is 5.97. The van der Waals surface area contributed by atoms with Crippen molar-refractivity contribution in [3.8, 4) is 11.5 Å². The molecule has 1 rings (SSSR count). The molecule has 0 fully saturated rings. The highest BCUT2D eigenvalue weighted by Gasteiger charge is 2.05. The standard InChI is InChI=1S/C15H25NO3/c1-4-19-14-8-7-13(10-15(14)18-3)11-16-9-5-6-12(2)17/h7-8,10,12,16-17H,4-6,9,11H2,1-3H3. The fraction of sp³-hybridized carbons (Fsp3) is 0.600. The van der Waals surface area contributed by atoms with Crippen LogP contribution in [0.1, 0.15) is 32.3 Å². The fourth-order valence-electron chi connectivity index (χ4n) is 1.85. The average molecular weight is 267 g/mol. The van der Waals surface area contributed by atoms with Gasteiger partial charge in [0.2, 0.25) is 0 Å². The molecular formula is C15H25NO3. The number of aliphatic hydroxyl groups excluding tert-OH is 1. The third-order valence-corrected chi connectivity index (χ3v) is 2.83. The Labute approximate surface area is 115 Å². The zero-order valence-electron chi connectivity index (χ0n) is 12.1. The van der Waals surface area contributed by atoms with Crippen molar-refractivity contribution >= 4 is 0 Å². The molecule has 0 aliphatic rings. The second-order valence-electron chi connectivity index (χ2n) is 4.59. The zero-order chi connectivity index (χ0) is 14.1. The van der Waals surface area contributed by atoms with Crippen LogP contribution in [0, 0.1) is 0 Å². The lowest BCUT2D eigenvalue weighted by atomic mass is 10.2. The highest BCUT2D eigenvalue weighted by Crippen LogP contribution is 2.27. The summed E-state index contributed by atoms with van der Waals surface area (Å²) < 4.78 is 10.8. The molecule has 0 aromatic heterocycles. The number of hydrogen-bond acceptors (Lipinski definition) is 4. The van der Waals surface area contributed by atoms with Gasteiger partial charge in [-0.05, 0) is 50.9 Å². The minimum absolute atomic E-state index is 0.215. The normalized spacial score (nSPS) is 12.2. The summed E-state index contributed by atoms with van der Waals surface area (Å²) in [5, 5.41) is 12.5. The summed E-state index contributed by atoms with van der Waals surface area (Å²) in [6.45, 7) is 6.10. The highest BCUT2D eigenvalue weighted by molar-refractivity contribution is 5.42. The van der Waals surface area contributed by atoms with E-state index in [-0.39, 0.29) is 6.10 Å². The molecule has 0 aliphatic heterocycles. The molecular weight excluding hydrogens is 242 g/mol. The molecule has 0 heterocycles. The van der Waals surface area contributed by atoms with Gasteiger partial charge in [0, 0.05) is 6.54 Å². The molecule has 2 N–H and O–H groups in total. The van der Waals surface area contributed by atoms with E-state index < -0.39 is 0 Å². The Kier molecular flexibility index (Phi) is 7.30. The highest BCUT2D eigenvalue weighted by atomic mass is 16.5. The van der Waals surface area contributed by atoms with Crippen LogP contribution in [-0.4, -0.2) is 31.5 Å². The Balaban J connectivity index is 2.41. The van der Waals surface area contributed by atoms with E-state index >= 15 is 0 Å². The molecule has 1 aromatic carbocycles. The van der Waals surface area contributed by atoms with Crippen molar-refractivity contribution in [2.45, 2.75) is 39.3 Å². The molecule has 0 saturated heterocycles.